The van der Waals surface area contributed by atoms with E-state index >= 15 is 0 Å². The fourth-order valence-corrected chi connectivity index (χ4v) is 8.50. The first-order chi connectivity index (χ1) is 14.4. The molecule has 0 aromatic carbocycles. The van der Waals surface area contributed by atoms with Crippen LogP contribution in [-0.4, -0.2) is 22.7 Å². The third kappa shape index (κ3) is 3.90. The van der Waals surface area contributed by atoms with Crippen molar-refractivity contribution < 1.29 is 5.11 Å². The molecule has 2 heteroatoms. The van der Waals surface area contributed by atoms with Crippen LogP contribution in [0.4, 0.5) is 0 Å². The molecular weight excluding hydrogens is 384 g/mol. The van der Waals surface area contributed by atoms with Crippen molar-refractivity contribution in [2.24, 2.45) is 28.6 Å². The lowest BCUT2D eigenvalue weighted by Gasteiger charge is -2.54. The number of aliphatic hydroxyl groups excluding tert-OH is 1. The molecule has 4 aliphatic rings. The van der Waals surface area contributed by atoms with Gasteiger partial charge in [0.1, 0.15) is 0 Å². The van der Waals surface area contributed by atoms with Gasteiger partial charge in [-0.3, -0.25) is 0 Å². The second kappa shape index (κ2) is 9.18. The third-order valence-electron chi connectivity index (χ3n) is 9.63. The Hall–Kier alpha value is -0.470. The van der Waals surface area contributed by atoms with Crippen LogP contribution in [0, 0.1) is 28.6 Å². The Morgan fingerprint density at radius 2 is 1.87 bits per heavy atom. The fraction of sp³-hybridized carbons (Fsp3) is 0.786. The van der Waals surface area contributed by atoms with E-state index in [0.717, 1.165) is 36.2 Å². The molecule has 0 aromatic rings. The second-order valence-corrected chi connectivity index (χ2v) is 12.1. The van der Waals surface area contributed by atoms with Crippen LogP contribution in [0.15, 0.2) is 34.9 Å². The SMILES string of the molecule is CCC(CC)[C@@H](O)CSCCC1=CC[C@H]2C3=CC=C4CCCC[C@]4(C)[C@H]3CC[C@]12C. The number of hydrogen-bond donors (Lipinski definition) is 1. The van der Waals surface area contributed by atoms with Gasteiger partial charge in [-0.2, -0.15) is 11.8 Å². The monoisotopic (exact) mass is 428 g/mol. The van der Waals surface area contributed by atoms with Crippen LogP contribution in [0.3, 0.4) is 0 Å². The molecule has 0 spiro atoms. The predicted octanol–water partition coefficient (Wildman–Crippen LogP) is 7.72. The van der Waals surface area contributed by atoms with E-state index in [2.05, 4.69) is 45.9 Å². The van der Waals surface area contributed by atoms with E-state index < -0.39 is 0 Å². The average Bonchev–Trinajstić information content (AvgIpc) is 3.08. The van der Waals surface area contributed by atoms with Gasteiger partial charge in [0.15, 0.2) is 0 Å². The van der Waals surface area contributed by atoms with E-state index in [1.807, 2.05) is 11.8 Å². The second-order valence-electron chi connectivity index (χ2n) is 11.0. The Balaban J connectivity index is 1.38. The van der Waals surface area contributed by atoms with E-state index in [9.17, 15) is 5.11 Å². The normalized spacial score (nSPS) is 36.4. The van der Waals surface area contributed by atoms with Crippen molar-refractivity contribution in [3.05, 3.63) is 34.9 Å². The molecule has 168 valence electrons. The highest BCUT2D eigenvalue weighted by atomic mass is 32.2. The maximum atomic E-state index is 10.4. The lowest BCUT2D eigenvalue weighted by atomic mass is 9.50. The number of aliphatic hydroxyl groups is 1. The van der Waals surface area contributed by atoms with Crippen LogP contribution in [-0.2, 0) is 0 Å². The van der Waals surface area contributed by atoms with Gasteiger partial charge in [-0.05, 0) is 79.3 Å². The first-order valence-electron chi connectivity index (χ1n) is 12.8. The Kier molecular flexibility index (Phi) is 6.95. The van der Waals surface area contributed by atoms with Gasteiger partial charge in [0.25, 0.3) is 0 Å². The van der Waals surface area contributed by atoms with E-state index in [1.54, 1.807) is 16.7 Å². The minimum absolute atomic E-state index is 0.133. The summed E-state index contributed by atoms with van der Waals surface area (Å²) in [6, 6.07) is 0. The standard InChI is InChI=1S/C28H44OS/c1-5-20(6-2)26(29)19-30-18-15-22-11-13-24-23-12-10-21-9-7-8-16-27(21,3)25(23)14-17-28(22,24)4/h10-12,20,24-26,29H,5-9,13-19H2,1-4H3/t24-,25-,26-,27-,28+/m0/s1. The molecule has 1 N–H and O–H groups in total. The van der Waals surface area contributed by atoms with E-state index in [0.29, 0.717) is 16.7 Å². The largest absolute Gasteiger partial charge is 0.392 e. The lowest BCUT2D eigenvalue weighted by Crippen LogP contribution is -2.44. The zero-order chi connectivity index (χ0) is 21.4. The van der Waals surface area contributed by atoms with Gasteiger partial charge in [0.05, 0.1) is 6.10 Å². The summed E-state index contributed by atoms with van der Waals surface area (Å²) in [6.45, 7) is 9.56. The smallest absolute Gasteiger partial charge is 0.0658 e. The zero-order valence-electron chi connectivity index (χ0n) is 19.9. The molecule has 4 rings (SSSR count). The van der Waals surface area contributed by atoms with Gasteiger partial charge in [0, 0.05) is 5.75 Å². The fourth-order valence-electron chi connectivity index (χ4n) is 7.45. The molecule has 0 bridgehead atoms. The maximum Gasteiger partial charge on any atom is 0.0658 e. The van der Waals surface area contributed by atoms with Gasteiger partial charge in [0.2, 0.25) is 0 Å². The van der Waals surface area contributed by atoms with Crippen molar-refractivity contribution >= 4 is 11.8 Å². The summed E-state index contributed by atoms with van der Waals surface area (Å²) in [4.78, 5) is 0. The van der Waals surface area contributed by atoms with Crippen LogP contribution in [0.1, 0.15) is 91.9 Å². The predicted molar refractivity (Wildman–Crippen MR) is 132 cm³/mol. The number of fused-ring (bicyclic) bond motifs is 5. The molecule has 1 nitrogen and oxygen atoms in total. The lowest BCUT2D eigenvalue weighted by molar-refractivity contribution is 0.110. The molecule has 0 heterocycles. The van der Waals surface area contributed by atoms with Crippen molar-refractivity contribution in [1.29, 1.82) is 0 Å². The van der Waals surface area contributed by atoms with E-state index in [4.69, 9.17) is 0 Å². The highest BCUT2D eigenvalue weighted by Crippen LogP contribution is 2.63. The van der Waals surface area contributed by atoms with Crippen molar-refractivity contribution in [3.63, 3.8) is 0 Å². The number of hydrogen-bond acceptors (Lipinski definition) is 2. The number of rotatable bonds is 8. The average molecular weight is 429 g/mol. The van der Waals surface area contributed by atoms with Crippen molar-refractivity contribution in [1.82, 2.24) is 0 Å². The van der Waals surface area contributed by atoms with Gasteiger partial charge < -0.3 is 5.11 Å². The van der Waals surface area contributed by atoms with Crippen LogP contribution in [0.2, 0.25) is 0 Å². The first-order valence-corrected chi connectivity index (χ1v) is 14.0. The Bertz CT molecular complexity index is 714. The van der Waals surface area contributed by atoms with Crippen LogP contribution in [0.25, 0.3) is 0 Å². The Morgan fingerprint density at radius 3 is 2.63 bits per heavy atom. The molecule has 0 radical (unpaired) electrons. The molecule has 5 atom stereocenters. The molecule has 0 unspecified atom stereocenters. The van der Waals surface area contributed by atoms with E-state index in [-0.39, 0.29) is 6.10 Å². The zero-order valence-corrected chi connectivity index (χ0v) is 20.7. The molecule has 0 amide bonds. The van der Waals surface area contributed by atoms with Crippen LogP contribution in [0.5, 0.6) is 0 Å². The first kappa shape index (κ1) is 22.7. The summed E-state index contributed by atoms with van der Waals surface area (Å²) < 4.78 is 0. The highest BCUT2D eigenvalue weighted by molar-refractivity contribution is 7.99. The van der Waals surface area contributed by atoms with Crippen molar-refractivity contribution in [3.8, 4) is 0 Å². The maximum absolute atomic E-state index is 10.4. The molecular formula is C28H44OS. The Morgan fingerprint density at radius 1 is 1.07 bits per heavy atom. The number of allylic oxidation sites excluding steroid dienone is 6. The quantitative estimate of drug-likeness (QED) is 0.315. The summed E-state index contributed by atoms with van der Waals surface area (Å²) in [7, 11) is 0. The molecule has 0 saturated heterocycles. The molecule has 4 aliphatic carbocycles. The molecule has 0 aromatic heterocycles. The highest BCUT2D eigenvalue weighted by Gasteiger charge is 2.53. The van der Waals surface area contributed by atoms with Gasteiger partial charge in [-0.25, -0.2) is 0 Å². The molecule has 0 aliphatic heterocycles. The summed E-state index contributed by atoms with van der Waals surface area (Å²) in [5, 5.41) is 10.4. The summed E-state index contributed by atoms with van der Waals surface area (Å²) >= 11 is 1.97. The minimum Gasteiger partial charge on any atom is -0.392 e. The minimum atomic E-state index is -0.133. The van der Waals surface area contributed by atoms with Gasteiger partial charge in [-0.1, -0.05) is 81.9 Å². The Labute approximate surface area is 189 Å². The molecule has 2 fully saturated rings. The van der Waals surface area contributed by atoms with Crippen LogP contribution >= 0.6 is 11.8 Å². The van der Waals surface area contributed by atoms with E-state index in [1.165, 1.54) is 51.4 Å². The van der Waals surface area contributed by atoms with Gasteiger partial charge >= 0.3 is 0 Å². The van der Waals surface area contributed by atoms with Crippen LogP contribution < -0.4 is 0 Å². The summed E-state index contributed by atoms with van der Waals surface area (Å²) in [5.74, 6) is 4.07. The summed E-state index contributed by atoms with van der Waals surface area (Å²) in [5.41, 5.74) is 6.10. The number of thioether (sulfide) groups is 1. The van der Waals surface area contributed by atoms with Gasteiger partial charge in [-0.15, -0.1) is 0 Å². The van der Waals surface area contributed by atoms with Crippen molar-refractivity contribution in [2.75, 3.05) is 11.5 Å². The summed E-state index contributed by atoms with van der Waals surface area (Å²) in [6.07, 6.45) is 20.5. The topological polar surface area (TPSA) is 20.2 Å². The third-order valence-corrected chi connectivity index (χ3v) is 10.7. The molecule has 2 saturated carbocycles. The van der Waals surface area contributed by atoms with Crippen molar-refractivity contribution in [2.45, 2.75) is 98.0 Å². The molecule has 30 heavy (non-hydrogen) atoms.